The van der Waals surface area contributed by atoms with E-state index in [1.165, 1.54) is 0 Å². The number of carbonyl (C=O) groups is 1. The zero-order valence-corrected chi connectivity index (χ0v) is 14.0. The largest absolute Gasteiger partial charge is 0.492 e. The number of nitrogens with one attached hydrogen (secondary N) is 1. The van der Waals surface area contributed by atoms with Crippen molar-refractivity contribution in [2.45, 2.75) is 0 Å². The Balaban J connectivity index is 1.80. The van der Waals surface area contributed by atoms with Crippen molar-refractivity contribution in [3.05, 3.63) is 48.4 Å². The van der Waals surface area contributed by atoms with Gasteiger partial charge in [-0.2, -0.15) is 5.10 Å². The number of rotatable bonds is 0. The predicted octanol–water partition coefficient (Wildman–Crippen LogP) is 1.45. The van der Waals surface area contributed by atoms with Crippen molar-refractivity contribution in [2.24, 2.45) is 0 Å². The van der Waals surface area contributed by atoms with Crippen LogP contribution in [0.5, 0.6) is 5.75 Å². The standard InChI is InChI=1S/C18H19N5O2/c1-22-8-6-19-18(24)16-5-7-23-17(21-16)15(12-20-23)13-3-2-4-14(11-13)25-10-9-22/h2-5,7,11-12H,6,8-10H2,1H3,(H,19,24). The summed E-state index contributed by atoms with van der Waals surface area (Å²) in [6, 6.07) is 9.54. The normalized spacial score (nSPS) is 16.1. The molecule has 2 aromatic heterocycles. The van der Waals surface area contributed by atoms with Crippen molar-refractivity contribution in [1.82, 2.24) is 24.8 Å². The van der Waals surface area contributed by atoms with E-state index in [0.717, 1.165) is 30.0 Å². The Bertz CT molecular complexity index is 921. The molecule has 0 saturated carbocycles. The summed E-state index contributed by atoms with van der Waals surface area (Å²) in [5, 5.41) is 7.24. The van der Waals surface area contributed by atoms with Gasteiger partial charge in [0.05, 0.1) is 6.20 Å². The van der Waals surface area contributed by atoms with Gasteiger partial charge in [0.25, 0.3) is 5.91 Å². The number of ether oxygens (including phenoxy) is 1. The van der Waals surface area contributed by atoms with Crippen LogP contribution in [0.1, 0.15) is 10.5 Å². The van der Waals surface area contributed by atoms with Gasteiger partial charge in [-0.05, 0) is 30.8 Å². The minimum absolute atomic E-state index is 0.178. The lowest BCUT2D eigenvalue weighted by Gasteiger charge is -2.17. The van der Waals surface area contributed by atoms with E-state index in [4.69, 9.17) is 4.74 Å². The van der Waals surface area contributed by atoms with Crippen molar-refractivity contribution in [3.8, 4) is 16.9 Å². The minimum Gasteiger partial charge on any atom is -0.492 e. The number of nitrogens with zero attached hydrogens (tertiary/aromatic N) is 4. The van der Waals surface area contributed by atoms with Crippen LogP contribution < -0.4 is 10.1 Å². The quantitative estimate of drug-likeness (QED) is 0.672. The van der Waals surface area contributed by atoms with Crippen molar-refractivity contribution in [3.63, 3.8) is 0 Å². The molecule has 0 radical (unpaired) electrons. The maximum absolute atomic E-state index is 12.4. The van der Waals surface area contributed by atoms with Gasteiger partial charge in [-0.3, -0.25) is 4.79 Å². The van der Waals surface area contributed by atoms with Gasteiger partial charge in [0.2, 0.25) is 0 Å². The highest BCUT2D eigenvalue weighted by molar-refractivity contribution is 5.93. The molecule has 25 heavy (non-hydrogen) atoms. The Kier molecular flexibility index (Phi) is 4.07. The summed E-state index contributed by atoms with van der Waals surface area (Å²) in [7, 11) is 2.01. The van der Waals surface area contributed by atoms with Crippen LogP contribution in [-0.2, 0) is 0 Å². The van der Waals surface area contributed by atoms with Crippen molar-refractivity contribution in [2.75, 3.05) is 33.3 Å². The Morgan fingerprint density at radius 3 is 3.08 bits per heavy atom. The highest BCUT2D eigenvalue weighted by Crippen LogP contribution is 2.27. The smallest absolute Gasteiger partial charge is 0.270 e. The fourth-order valence-electron chi connectivity index (χ4n) is 2.83. The van der Waals surface area contributed by atoms with Gasteiger partial charge < -0.3 is 15.0 Å². The highest BCUT2D eigenvalue weighted by atomic mass is 16.5. The van der Waals surface area contributed by atoms with Gasteiger partial charge in [0.15, 0.2) is 5.65 Å². The van der Waals surface area contributed by atoms with Gasteiger partial charge in [-0.1, -0.05) is 12.1 Å². The maximum Gasteiger partial charge on any atom is 0.270 e. The van der Waals surface area contributed by atoms with E-state index < -0.39 is 0 Å². The van der Waals surface area contributed by atoms with E-state index in [-0.39, 0.29) is 5.91 Å². The van der Waals surface area contributed by atoms with Crippen LogP contribution in [0.25, 0.3) is 16.8 Å². The molecule has 0 unspecified atom stereocenters. The van der Waals surface area contributed by atoms with Crippen LogP contribution in [-0.4, -0.2) is 58.7 Å². The van der Waals surface area contributed by atoms with E-state index in [0.29, 0.717) is 24.5 Å². The van der Waals surface area contributed by atoms with E-state index in [9.17, 15) is 4.79 Å². The third-order valence-corrected chi connectivity index (χ3v) is 4.27. The first-order valence-electron chi connectivity index (χ1n) is 8.25. The minimum atomic E-state index is -0.178. The van der Waals surface area contributed by atoms with Gasteiger partial charge >= 0.3 is 0 Å². The monoisotopic (exact) mass is 337 g/mol. The first-order valence-corrected chi connectivity index (χ1v) is 8.25. The Hall–Kier alpha value is -2.93. The highest BCUT2D eigenvalue weighted by Gasteiger charge is 2.14. The fourth-order valence-corrected chi connectivity index (χ4v) is 2.83. The van der Waals surface area contributed by atoms with E-state index in [1.807, 2.05) is 31.3 Å². The summed E-state index contributed by atoms with van der Waals surface area (Å²) < 4.78 is 7.54. The molecule has 0 aliphatic carbocycles. The third-order valence-electron chi connectivity index (χ3n) is 4.27. The van der Waals surface area contributed by atoms with E-state index >= 15 is 0 Å². The molecule has 128 valence electrons. The van der Waals surface area contributed by atoms with E-state index in [2.05, 4.69) is 20.3 Å². The molecular formula is C18H19N5O2. The number of hydrogen-bond donors (Lipinski definition) is 1. The number of hydrogen-bond acceptors (Lipinski definition) is 5. The summed E-state index contributed by atoms with van der Waals surface area (Å²) in [5.74, 6) is 0.633. The van der Waals surface area contributed by atoms with Crippen molar-refractivity contribution >= 4 is 11.6 Å². The molecular weight excluding hydrogens is 318 g/mol. The van der Waals surface area contributed by atoms with Crippen LogP contribution in [0.2, 0.25) is 0 Å². The molecule has 1 aliphatic rings. The van der Waals surface area contributed by atoms with Crippen LogP contribution in [0, 0.1) is 0 Å². The molecule has 4 bridgehead atoms. The van der Waals surface area contributed by atoms with Gasteiger partial charge in [-0.25, -0.2) is 9.50 Å². The molecule has 0 spiro atoms. The van der Waals surface area contributed by atoms with Crippen LogP contribution in [0.4, 0.5) is 0 Å². The van der Waals surface area contributed by atoms with Crippen LogP contribution in [0.3, 0.4) is 0 Å². The molecule has 1 N–H and O–H groups in total. The topological polar surface area (TPSA) is 71.8 Å². The van der Waals surface area contributed by atoms with Crippen molar-refractivity contribution in [1.29, 1.82) is 0 Å². The Labute approximate surface area is 145 Å². The second-order valence-electron chi connectivity index (χ2n) is 6.07. The lowest BCUT2D eigenvalue weighted by molar-refractivity contribution is 0.0944. The SMILES string of the molecule is CN1CCNC(=O)c2ccn3ncc(c3n2)-c2cccc(c2)OCC1. The average molecular weight is 337 g/mol. The number of fused-ring (bicyclic) bond motifs is 4. The number of benzene rings is 1. The molecule has 1 aliphatic heterocycles. The lowest BCUT2D eigenvalue weighted by atomic mass is 10.1. The maximum atomic E-state index is 12.4. The molecule has 1 amide bonds. The zero-order valence-electron chi connectivity index (χ0n) is 14.0. The second kappa shape index (κ2) is 6.52. The van der Waals surface area contributed by atoms with Gasteiger partial charge in [0, 0.05) is 31.4 Å². The average Bonchev–Trinajstić information content (AvgIpc) is 3.04. The first-order chi connectivity index (χ1) is 12.2. The van der Waals surface area contributed by atoms with Crippen LogP contribution in [0.15, 0.2) is 42.7 Å². The molecule has 4 rings (SSSR count). The third kappa shape index (κ3) is 3.18. The number of likely N-dealkylation sites (N-methyl/N-ethyl adjacent to an activating group) is 1. The van der Waals surface area contributed by atoms with Crippen molar-refractivity contribution < 1.29 is 9.53 Å². The Morgan fingerprint density at radius 1 is 1.24 bits per heavy atom. The van der Waals surface area contributed by atoms with E-state index in [1.54, 1.807) is 23.0 Å². The molecule has 0 atom stereocenters. The summed E-state index contributed by atoms with van der Waals surface area (Å²) in [6.07, 6.45) is 3.51. The summed E-state index contributed by atoms with van der Waals surface area (Å²) >= 11 is 0. The molecule has 7 heteroatoms. The zero-order chi connectivity index (χ0) is 17.2. The summed E-state index contributed by atoms with van der Waals surface area (Å²) in [5.41, 5.74) is 2.86. The fraction of sp³-hybridized carbons (Fsp3) is 0.278. The molecule has 3 aromatic rings. The van der Waals surface area contributed by atoms with Gasteiger partial charge in [0.1, 0.15) is 18.1 Å². The second-order valence-corrected chi connectivity index (χ2v) is 6.07. The van der Waals surface area contributed by atoms with Crippen LogP contribution >= 0.6 is 0 Å². The Morgan fingerprint density at radius 2 is 2.16 bits per heavy atom. The lowest BCUT2D eigenvalue weighted by Crippen LogP contribution is -2.35. The number of carbonyl (C=O) groups excluding carboxylic acids is 1. The summed E-state index contributed by atoms with van der Waals surface area (Å²) in [4.78, 5) is 19.0. The predicted molar refractivity (Wildman–Crippen MR) is 93.7 cm³/mol. The van der Waals surface area contributed by atoms with Gasteiger partial charge in [-0.15, -0.1) is 0 Å². The summed E-state index contributed by atoms with van der Waals surface area (Å²) in [6.45, 7) is 2.67. The molecule has 1 aromatic carbocycles. The number of aromatic nitrogens is 3. The molecule has 7 nitrogen and oxygen atoms in total. The molecule has 0 saturated heterocycles. The number of amides is 1. The first kappa shape index (κ1) is 15.6. The molecule has 0 fully saturated rings. The molecule has 3 heterocycles.